The maximum absolute atomic E-state index is 14.5. The lowest BCUT2D eigenvalue weighted by Crippen LogP contribution is -2.17. The van der Waals surface area contributed by atoms with Crippen molar-refractivity contribution >= 4 is 33.8 Å². The second kappa shape index (κ2) is 18.8. The quantitative estimate of drug-likeness (QED) is 0.135. The highest BCUT2D eigenvalue weighted by molar-refractivity contribution is 5.85. The first-order valence-corrected chi connectivity index (χ1v) is 18.5. The number of imidazole rings is 2. The van der Waals surface area contributed by atoms with Crippen molar-refractivity contribution in [2.75, 3.05) is 0 Å². The molecular formula is C45H43F2N9O3. The van der Waals surface area contributed by atoms with Gasteiger partial charge in [0.1, 0.15) is 30.3 Å². The molecule has 0 amide bonds. The molecule has 0 bridgehead atoms. The van der Waals surface area contributed by atoms with Crippen LogP contribution in [0.5, 0.6) is 0 Å². The molecule has 4 aromatic carbocycles. The number of para-hydroxylation sites is 2. The van der Waals surface area contributed by atoms with E-state index in [9.17, 15) is 28.9 Å². The van der Waals surface area contributed by atoms with Gasteiger partial charge in [0.25, 0.3) is 0 Å². The number of fused-ring (bicyclic) bond motifs is 2. The van der Waals surface area contributed by atoms with Crippen molar-refractivity contribution in [3.8, 4) is 24.3 Å². The molecule has 0 aliphatic heterocycles. The molecule has 2 aromatic heterocycles. The highest BCUT2D eigenvalue weighted by Gasteiger charge is 2.25. The Hall–Kier alpha value is -7.26. The number of carbonyl (C=O) groups excluding carboxylic acids is 1. The summed E-state index contributed by atoms with van der Waals surface area (Å²) in [6, 6.07) is 28.1. The van der Waals surface area contributed by atoms with Crippen LogP contribution in [0.15, 0.2) is 85.5 Å². The molecular weight excluding hydrogens is 753 g/mol. The largest absolute Gasteiger partial charge is 0.480 e. The molecule has 0 aliphatic rings. The molecule has 12 nitrogen and oxygen atoms in total. The van der Waals surface area contributed by atoms with Gasteiger partial charge in [-0.15, -0.1) is 0 Å². The van der Waals surface area contributed by atoms with E-state index in [-0.39, 0.29) is 43.1 Å². The third kappa shape index (κ3) is 10.6. The van der Waals surface area contributed by atoms with Crippen molar-refractivity contribution in [2.45, 2.75) is 83.8 Å². The minimum absolute atomic E-state index is 0.0358. The number of rotatable bonds is 10. The van der Waals surface area contributed by atoms with E-state index in [1.54, 1.807) is 106 Å². The highest BCUT2D eigenvalue weighted by Crippen LogP contribution is 2.30. The zero-order valence-electron chi connectivity index (χ0n) is 33.5. The zero-order valence-corrected chi connectivity index (χ0v) is 33.5. The van der Waals surface area contributed by atoms with Crippen LogP contribution >= 0.6 is 0 Å². The predicted molar refractivity (Wildman–Crippen MR) is 217 cm³/mol. The van der Waals surface area contributed by atoms with Crippen LogP contribution in [0.2, 0.25) is 0 Å². The predicted octanol–water partition coefficient (Wildman–Crippen LogP) is 8.25. The van der Waals surface area contributed by atoms with E-state index < -0.39 is 22.6 Å². The van der Waals surface area contributed by atoms with Crippen LogP contribution in [0.4, 0.5) is 8.78 Å². The number of benzene rings is 4. The summed E-state index contributed by atoms with van der Waals surface area (Å²) in [6.07, 6.45) is 3.22. The highest BCUT2D eigenvalue weighted by atomic mass is 19.1. The molecule has 0 spiro atoms. The Balaban J connectivity index is 0.000000215. The summed E-state index contributed by atoms with van der Waals surface area (Å²) in [5.74, 6) is -1.97. The molecule has 0 aliphatic carbocycles. The van der Waals surface area contributed by atoms with Gasteiger partial charge in [0.2, 0.25) is 0 Å². The summed E-state index contributed by atoms with van der Waals surface area (Å²) >= 11 is 0. The Morgan fingerprint density at radius 3 is 1.58 bits per heavy atom. The second-order valence-electron chi connectivity index (χ2n) is 15.1. The van der Waals surface area contributed by atoms with E-state index in [1.807, 2.05) is 13.0 Å². The Kier molecular flexibility index (Phi) is 14.2. The van der Waals surface area contributed by atoms with Crippen LogP contribution < -0.4 is 5.73 Å². The van der Waals surface area contributed by atoms with Crippen molar-refractivity contribution in [1.29, 1.82) is 21.0 Å². The van der Waals surface area contributed by atoms with E-state index >= 15 is 0 Å². The van der Waals surface area contributed by atoms with Gasteiger partial charge in [-0.25, -0.2) is 18.7 Å². The van der Waals surface area contributed by atoms with E-state index in [0.29, 0.717) is 49.9 Å². The molecule has 0 saturated carbocycles. The average molecular weight is 796 g/mol. The molecule has 6 aromatic rings. The molecule has 300 valence electrons. The molecule has 0 fully saturated rings. The van der Waals surface area contributed by atoms with Crippen molar-refractivity contribution in [3.05, 3.63) is 130 Å². The molecule has 2 heterocycles. The molecule has 3 N–H and O–H groups in total. The van der Waals surface area contributed by atoms with E-state index in [1.165, 1.54) is 23.0 Å². The first-order chi connectivity index (χ1) is 27.9. The van der Waals surface area contributed by atoms with Crippen LogP contribution in [0, 0.1) is 57.0 Å². The zero-order chi connectivity index (χ0) is 43.7. The first-order valence-electron chi connectivity index (χ1n) is 18.5. The van der Waals surface area contributed by atoms with Crippen LogP contribution in [-0.2, 0) is 33.5 Å². The van der Waals surface area contributed by atoms with Crippen molar-refractivity contribution in [3.63, 3.8) is 0 Å². The second-order valence-corrected chi connectivity index (χ2v) is 15.1. The van der Waals surface area contributed by atoms with Crippen LogP contribution in [-0.4, -0.2) is 36.0 Å². The number of Topliss-reactive ketones (excluding diaryl/α,β-unsaturated/α-hetero) is 1. The van der Waals surface area contributed by atoms with Crippen LogP contribution in [0.25, 0.3) is 22.1 Å². The number of nitrogens with zero attached hydrogens (tertiary/aromatic N) is 8. The number of hydrogen-bond donors (Lipinski definition) is 2. The SMILES string of the molecule is CC(CC(=O)Cn1cnc2cccc(C#N)c21)c1ccc(C(C)(C)C#N)c(F)c1.CC(N)c1ccc(C(C)(C)C#N)c(F)c1.N#Cc1cccc2ncn(CC(=O)O)c12. The number of aliphatic carboxylic acids is 1. The average Bonchev–Trinajstić information content (AvgIpc) is 3.81. The van der Waals surface area contributed by atoms with Gasteiger partial charge < -0.3 is 20.0 Å². The lowest BCUT2D eigenvalue weighted by molar-refractivity contribution is -0.137. The normalized spacial score (nSPS) is 12.0. The monoisotopic (exact) mass is 795 g/mol. The van der Waals surface area contributed by atoms with Crippen LogP contribution in [0.3, 0.4) is 0 Å². The molecule has 2 unspecified atom stereocenters. The number of carbonyl (C=O) groups is 2. The Morgan fingerprint density at radius 1 is 0.729 bits per heavy atom. The maximum atomic E-state index is 14.5. The molecule has 59 heavy (non-hydrogen) atoms. The number of nitriles is 4. The molecule has 2 atom stereocenters. The maximum Gasteiger partial charge on any atom is 0.323 e. The van der Waals surface area contributed by atoms with Crippen molar-refractivity contribution in [2.24, 2.45) is 5.73 Å². The third-order valence-corrected chi connectivity index (χ3v) is 9.69. The smallest absolute Gasteiger partial charge is 0.323 e. The lowest BCUT2D eigenvalue weighted by Gasteiger charge is -2.19. The van der Waals surface area contributed by atoms with E-state index in [2.05, 4.69) is 28.2 Å². The van der Waals surface area contributed by atoms with E-state index in [0.717, 1.165) is 5.56 Å². The number of hydrogen-bond acceptors (Lipinski definition) is 9. The Labute approximate surface area is 341 Å². The molecule has 0 saturated heterocycles. The van der Waals surface area contributed by atoms with Crippen LogP contribution in [0.1, 0.15) is 93.3 Å². The van der Waals surface area contributed by atoms with Gasteiger partial charge in [-0.2, -0.15) is 21.0 Å². The van der Waals surface area contributed by atoms with Gasteiger partial charge in [0.15, 0.2) is 5.78 Å². The Morgan fingerprint density at radius 2 is 1.17 bits per heavy atom. The summed E-state index contributed by atoms with van der Waals surface area (Å²) in [6.45, 7) is 10.3. The summed E-state index contributed by atoms with van der Waals surface area (Å²) in [7, 11) is 0. The van der Waals surface area contributed by atoms with Gasteiger partial charge in [-0.3, -0.25) is 9.59 Å². The molecule has 6 rings (SSSR count). The van der Waals surface area contributed by atoms with Gasteiger partial charge in [0.05, 0.1) is 75.4 Å². The third-order valence-electron chi connectivity index (χ3n) is 9.69. The molecule has 0 radical (unpaired) electrons. The summed E-state index contributed by atoms with van der Waals surface area (Å²) in [4.78, 5) is 31.5. The summed E-state index contributed by atoms with van der Waals surface area (Å²) in [5.41, 5.74) is 9.56. The number of ketones is 1. The van der Waals surface area contributed by atoms with Gasteiger partial charge in [-0.1, -0.05) is 43.3 Å². The number of carboxylic acids is 1. The van der Waals surface area contributed by atoms with E-state index in [4.69, 9.17) is 21.4 Å². The minimum Gasteiger partial charge on any atom is -0.480 e. The fourth-order valence-corrected chi connectivity index (χ4v) is 6.32. The number of carboxylic acid groups (broad SMARTS) is 1. The standard InChI is InChI=1S/C23H21FN4O.C12H15FN2.C10H7N3O2/c1-15(16-7-8-19(20(24)10-16)23(2,3)13-26)9-18(29)12-28-14-27-21-6-4-5-17(11-25)22(21)28;1-8(15)9-4-5-10(11(13)6-9)12(2,3)7-14;11-4-7-2-1-3-8-10(7)13(6-12-8)5-9(14)15/h4-8,10,14-15H,9,12H2,1-3H3;4-6,8H,15H2,1-3H3;1-3,6H,5H2,(H,14,15). The van der Waals surface area contributed by atoms with Gasteiger partial charge in [-0.05, 0) is 88.1 Å². The van der Waals surface area contributed by atoms with Crippen molar-refractivity contribution in [1.82, 2.24) is 19.1 Å². The minimum atomic E-state index is -0.956. The fourth-order valence-electron chi connectivity index (χ4n) is 6.32. The lowest BCUT2D eigenvalue weighted by atomic mass is 9.84. The first kappa shape index (κ1) is 44.5. The summed E-state index contributed by atoms with van der Waals surface area (Å²) < 4.78 is 31.3. The number of aromatic nitrogens is 4. The number of halogens is 2. The Bertz CT molecular complexity index is 2690. The van der Waals surface area contributed by atoms with Crippen molar-refractivity contribution < 1.29 is 23.5 Å². The van der Waals surface area contributed by atoms with Gasteiger partial charge >= 0.3 is 5.97 Å². The molecule has 14 heteroatoms. The fraction of sp³-hybridized carbons (Fsp3) is 0.289. The summed E-state index contributed by atoms with van der Waals surface area (Å²) in [5, 5.41) is 45.0. The van der Waals surface area contributed by atoms with Gasteiger partial charge in [0, 0.05) is 23.6 Å². The number of nitrogens with two attached hydrogens (primary N) is 1. The topological polar surface area (TPSA) is 211 Å².